The highest BCUT2D eigenvalue weighted by Crippen LogP contribution is 2.42. The number of halogens is 1. The molecule has 2 fully saturated rings. The third-order valence-corrected chi connectivity index (χ3v) is 6.08. The van der Waals surface area contributed by atoms with Crippen molar-refractivity contribution in [2.75, 3.05) is 12.4 Å². The van der Waals surface area contributed by atoms with E-state index in [1.54, 1.807) is 11.8 Å². The minimum absolute atomic E-state index is 0. The van der Waals surface area contributed by atoms with Crippen LogP contribution in [0.5, 0.6) is 5.75 Å². The first-order valence-corrected chi connectivity index (χ1v) is 9.56. The maximum atomic E-state index is 12.9. The first-order valence-electron chi connectivity index (χ1n) is 9.56. The molecule has 2 unspecified atom stereocenters. The van der Waals surface area contributed by atoms with Crippen LogP contribution in [0.15, 0.2) is 18.2 Å². The van der Waals surface area contributed by atoms with Crippen LogP contribution in [-0.2, 0) is 4.79 Å². The van der Waals surface area contributed by atoms with E-state index in [1.165, 1.54) is 6.42 Å². The number of tetrazole rings is 1. The van der Waals surface area contributed by atoms with Crippen molar-refractivity contribution in [1.29, 1.82) is 0 Å². The molecular formula is C19H27ClN6O2. The van der Waals surface area contributed by atoms with Gasteiger partial charge in [0, 0.05) is 17.6 Å². The van der Waals surface area contributed by atoms with Crippen LogP contribution in [0.4, 0.5) is 5.69 Å². The molecule has 2 saturated carbocycles. The van der Waals surface area contributed by atoms with Crippen LogP contribution < -0.4 is 15.8 Å². The Balaban J connectivity index is 0.00000225. The van der Waals surface area contributed by atoms with Gasteiger partial charge < -0.3 is 15.8 Å². The van der Waals surface area contributed by atoms with Crippen LogP contribution in [0.25, 0.3) is 5.69 Å². The number of fused-ring (bicyclic) bond motifs is 2. The normalized spacial score (nSPS) is 26.2. The van der Waals surface area contributed by atoms with E-state index in [0.717, 1.165) is 25.7 Å². The van der Waals surface area contributed by atoms with Crippen LogP contribution in [0.3, 0.4) is 0 Å². The summed E-state index contributed by atoms with van der Waals surface area (Å²) >= 11 is 0. The van der Waals surface area contributed by atoms with E-state index in [4.69, 9.17) is 10.5 Å². The fourth-order valence-corrected chi connectivity index (χ4v) is 4.64. The summed E-state index contributed by atoms with van der Waals surface area (Å²) in [6, 6.07) is 5.76. The Morgan fingerprint density at radius 2 is 2.00 bits per heavy atom. The maximum Gasteiger partial charge on any atom is 0.227 e. The molecule has 1 amide bonds. The van der Waals surface area contributed by atoms with Gasteiger partial charge in [0.15, 0.2) is 5.82 Å². The number of amides is 1. The molecule has 2 bridgehead atoms. The number of rotatable bonds is 4. The number of nitrogens with zero attached hydrogens (tertiary/aromatic N) is 4. The van der Waals surface area contributed by atoms with Crippen molar-refractivity contribution >= 4 is 24.0 Å². The predicted molar refractivity (Wildman–Crippen MR) is 108 cm³/mol. The Morgan fingerprint density at radius 3 is 2.61 bits per heavy atom. The minimum Gasteiger partial charge on any atom is -0.494 e. The van der Waals surface area contributed by atoms with E-state index in [9.17, 15) is 4.79 Å². The lowest BCUT2D eigenvalue weighted by atomic mass is 9.65. The average molecular weight is 407 g/mol. The summed E-state index contributed by atoms with van der Waals surface area (Å²) in [5.74, 6) is 2.34. The Morgan fingerprint density at radius 1 is 1.29 bits per heavy atom. The van der Waals surface area contributed by atoms with Crippen LogP contribution in [0.1, 0.15) is 37.9 Å². The lowest BCUT2D eigenvalue weighted by Gasteiger charge is -2.43. The Kier molecular flexibility index (Phi) is 6.20. The summed E-state index contributed by atoms with van der Waals surface area (Å²) in [4.78, 5) is 12.9. The van der Waals surface area contributed by atoms with E-state index in [2.05, 4.69) is 20.8 Å². The molecule has 2 aliphatic carbocycles. The number of nitrogens with two attached hydrogens (primary N) is 1. The number of anilines is 1. The number of aromatic nitrogens is 4. The summed E-state index contributed by atoms with van der Waals surface area (Å²) in [6.45, 7) is 1.81. The van der Waals surface area contributed by atoms with Gasteiger partial charge in [0.2, 0.25) is 5.91 Å². The molecule has 28 heavy (non-hydrogen) atoms. The fourth-order valence-electron chi connectivity index (χ4n) is 4.64. The summed E-state index contributed by atoms with van der Waals surface area (Å²) in [7, 11) is 1.60. The Hall–Kier alpha value is -2.19. The van der Waals surface area contributed by atoms with Crippen molar-refractivity contribution in [1.82, 2.24) is 20.2 Å². The van der Waals surface area contributed by atoms with Gasteiger partial charge in [-0.25, -0.2) is 0 Å². The number of carbonyl (C=O) groups excluding carboxylic acids is 1. The molecule has 8 nitrogen and oxygen atoms in total. The van der Waals surface area contributed by atoms with Gasteiger partial charge in [-0.3, -0.25) is 4.79 Å². The molecule has 2 atom stereocenters. The van der Waals surface area contributed by atoms with Crippen LogP contribution in [0, 0.1) is 24.7 Å². The van der Waals surface area contributed by atoms with E-state index >= 15 is 0 Å². The third kappa shape index (κ3) is 3.84. The largest absolute Gasteiger partial charge is 0.494 e. The highest BCUT2D eigenvalue weighted by atomic mass is 35.5. The number of aryl methyl sites for hydroxylation is 1. The number of methoxy groups -OCH3 is 1. The summed E-state index contributed by atoms with van der Waals surface area (Å²) < 4.78 is 7.02. The van der Waals surface area contributed by atoms with Gasteiger partial charge in [-0.1, -0.05) is 6.42 Å². The number of benzene rings is 1. The van der Waals surface area contributed by atoms with Gasteiger partial charge in [-0.05, 0) is 73.1 Å². The molecule has 0 radical (unpaired) electrons. The second-order valence-corrected chi connectivity index (χ2v) is 7.71. The van der Waals surface area contributed by atoms with Gasteiger partial charge in [0.05, 0.1) is 7.11 Å². The molecule has 152 valence electrons. The molecule has 1 aromatic heterocycles. The number of nitrogens with one attached hydrogen (secondary N) is 1. The standard InChI is InChI=1S/C19H26N6O2.ClH/c1-11-22-23-24-25(11)16-10-15(6-7-17(16)27-2)21-19(26)14-8-12-4-3-5-13(9-14)18(12)20;/h6-7,10,12-14,18H,3-5,8-9,20H2,1-2H3,(H,21,26);1H. The molecule has 2 aliphatic rings. The topological polar surface area (TPSA) is 108 Å². The second kappa shape index (κ2) is 8.45. The number of hydrogen-bond donors (Lipinski definition) is 2. The lowest BCUT2D eigenvalue weighted by Crippen LogP contribution is -2.48. The van der Waals surface area contributed by atoms with E-state index in [-0.39, 0.29) is 30.3 Å². The van der Waals surface area contributed by atoms with E-state index in [1.807, 2.05) is 25.1 Å². The van der Waals surface area contributed by atoms with Crippen molar-refractivity contribution in [2.24, 2.45) is 23.5 Å². The van der Waals surface area contributed by atoms with Crippen molar-refractivity contribution in [3.63, 3.8) is 0 Å². The van der Waals surface area contributed by atoms with Gasteiger partial charge in [0.25, 0.3) is 0 Å². The Bertz CT molecular complexity index is 828. The first-order chi connectivity index (χ1) is 13.1. The third-order valence-electron chi connectivity index (χ3n) is 6.08. The SMILES string of the molecule is COc1ccc(NC(=O)C2CC3CCCC(C2)C3N)cc1-n1nnnc1C.Cl. The zero-order valence-electron chi connectivity index (χ0n) is 16.2. The predicted octanol–water partition coefficient (Wildman–Crippen LogP) is 2.49. The molecule has 3 N–H and O–H groups in total. The van der Waals surface area contributed by atoms with Crippen LogP contribution in [0.2, 0.25) is 0 Å². The minimum atomic E-state index is 0. The van der Waals surface area contributed by atoms with E-state index < -0.39 is 0 Å². The summed E-state index contributed by atoms with van der Waals surface area (Å²) in [5, 5.41) is 14.7. The number of hydrogen-bond acceptors (Lipinski definition) is 6. The van der Waals surface area contributed by atoms with Gasteiger partial charge in [-0.2, -0.15) is 4.68 Å². The Labute approximate surface area is 170 Å². The van der Waals surface area contributed by atoms with Gasteiger partial charge >= 0.3 is 0 Å². The monoisotopic (exact) mass is 406 g/mol. The van der Waals surface area contributed by atoms with Gasteiger partial charge in [0.1, 0.15) is 11.4 Å². The zero-order chi connectivity index (χ0) is 19.0. The highest BCUT2D eigenvalue weighted by molar-refractivity contribution is 5.93. The molecule has 0 aliphatic heterocycles. The van der Waals surface area contributed by atoms with Crippen LogP contribution >= 0.6 is 12.4 Å². The quantitative estimate of drug-likeness (QED) is 0.807. The summed E-state index contributed by atoms with van der Waals surface area (Å²) in [6.07, 6.45) is 5.31. The zero-order valence-corrected chi connectivity index (χ0v) is 17.0. The van der Waals surface area contributed by atoms with Gasteiger partial charge in [-0.15, -0.1) is 17.5 Å². The molecule has 0 saturated heterocycles. The van der Waals surface area contributed by atoms with Crippen LogP contribution in [-0.4, -0.2) is 39.3 Å². The highest BCUT2D eigenvalue weighted by Gasteiger charge is 2.40. The first kappa shape index (κ1) is 20.5. The molecule has 1 heterocycles. The molecular weight excluding hydrogens is 380 g/mol. The number of ether oxygens (including phenoxy) is 1. The van der Waals surface area contributed by atoms with E-state index in [0.29, 0.717) is 34.8 Å². The number of carbonyl (C=O) groups is 1. The smallest absolute Gasteiger partial charge is 0.227 e. The van der Waals surface area contributed by atoms with Crippen molar-refractivity contribution in [2.45, 2.75) is 45.1 Å². The molecule has 2 aromatic rings. The molecule has 0 spiro atoms. The molecule has 1 aromatic carbocycles. The van der Waals surface area contributed by atoms with Crippen molar-refractivity contribution in [3.05, 3.63) is 24.0 Å². The summed E-state index contributed by atoms with van der Waals surface area (Å²) in [5.41, 5.74) is 7.76. The van der Waals surface area contributed by atoms with Crippen molar-refractivity contribution in [3.8, 4) is 11.4 Å². The average Bonchev–Trinajstić information content (AvgIpc) is 3.07. The fraction of sp³-hybridized carbons (Fsp3) is 0.579. The molecule has 9 heteroatoms. The second-order valence-electron chi connectivity index (χ2n) is 7.71. The lowest BCUT2D eigenvalue weighted by molar-refractivity contribution is -0.122. The van der Waals surface area contributed by atoms with Crippen molar-refractivity contribution < 1.29 is 9.53 Å². The maximum absolute atomic E-state index is 12.9. The molecule has 4 rings (SSSR count).